The van der Waals surface area contributed by atoms with Gasteiger partial charge in [0, 0.05) is 0 Å². The molecular formula is C12H18O4. The molecule has 0 aliphatic heterocycles. The van der Waals surface area contributed by atoms with E-state index in [9.17, 15) is 0 Å². The van der Waals surface area contributed by atoms with Crippen molar-refractivity contribution >= 4 is 11.9 Å². The molecule has 4 aliphatic rings. The molecule has 4 aliphatic carbocycles. The number of rotatable bonds is 0. The van der Waals surface area contributed by atoms with E-state index in [0.717, 1.165) is 0 Å². The van der Waals surface area contributed by atoms with Crippen LogP contribution in [0.15, 0.2) is 0 Å². The van der Waals surface area contributed by atoms with Crippen LogP contribution in [0.25, 0.3) is 0 Å². The zero-order chi connectivity index (χ0) is 11.7. The molecule has 4 saturated carbocycles. The highest BCUT2D eigenvalue weighted by atomic mass is 16.4. The molecule has 4 bridgehead atoms. The van der Waals surface area contributed by atoms with Crippen LogP contribution in [0.1, 0.15) is 38.5 Å². The maximum absolute atomic E-state index is 9.10. The third-order valence-electron chi connectivity index (χ3n) is 4.18. The molecule has 0 atom stereocenters. The molecule has 2 N–H and O–H groups in total. The monoisotopic (exact) mass is 226 g/mol. The summed E-state index contributed by atoms with van der Waals surface area (Å²) in [6.45, 7) is 0. The van der Waals surface area contributed by atoms with Gasteiger partial charge in [-0.3, -0.25) is 0 Å². The maximum atomic E-state index is 9.10. The van der Waals surface area contributed by atoms with E-state index in [1.54, 1.807) is 38.5 Å². The zero-order valence-electron chi connectivity index (χ0n) is 9.26. The van der Waals surface area contributed by atoms with Crippen LogP contribution >= 0.6 is 0 Å². The molecule has 0 spiro atoms. The van der Waals surface area contributed by atoms with Crippen LogP contribution in [0.2, 0.25) is 0 Å². The Morgan fingerprint density at radius 2 is 0.812 bits per heavy atom. The summed E-state index contributed by atoms with van der Waals surface area (Å²) in [5.41, 5.74) is 0. The van der Waals surface area contributed by atoms with E-state index in [0.29, 0.717) is 0 Å². The van der Waals surface area contributed by atoms with Crippen molar-refractivity contribution in [2.75, 3.05) is 0 Å². The van der Waals surface area contributed by atoms with Gasteiger partial charge in [0.25, 0.3) is 0 Å². The van der Waals surface area contributed by atoms with Gasteiger partial charge in [-0.15, -0.1) is 0 Å². The van der Waals surface area contributed by atoms with Gasteiger partial charge in [0.15, 0.2) is 0 Å². The molecule has 90 valence electrons. The van der Waals surface area contributed by atoms with E-state index >= 15 is 0 Å². The van der Waals surface area contributed by atoms with E-state index in [1.165, 1.54) is 23.7 Å². The Labute approximate surface area is 94.7 Å². The quantitative estimate of drug-likeness (QED) is 0.619. The number of hydrogen-bond donors (Lipinski definition) is 2. The van der Waals surface area contributed by atoms with Crippen molar-refractivity contribution in [2.45, 2.75) is 38.5 Å². The lowest BCUT2D eigenvalue weighted by molar-refractivity contribution is -0.159. The van der Waals surface area contributed by atoms with Crippen LogP contribution in [-0.4, -0.2) is 22.2 Å². The van der Waals surface area contributed by atoms with E-state index in [2.05, 4.69) is 0 Å². The largest absolute Gasteiger partial charge is 0.473 e. The fourth-order valence-corrected chi connectivity index (χ4v) is 3.98. The summed E-state index contributed by atoms with van der Waals surface area (Å²) < 4.78 is 0. The molecular weight excluding hydrogens is 208 g/mol. The normalized spacial score (nSPS) is 38.8. The molecule has 4 heteroatoms. The van der Waals surface area contributed by atoms with Gasteiger partial charge in [-0.05, 0) is 62.2 Å². The first kappa shape index (κ1) is 11.4. The SMILES string of the molecule is C1C2CC3CC1CC(C2)C3.O=C(O)C(=O)O. The molecule has 0 saturated heterocycles. The Hall–Kier alpha value is -1.06. The average Bonchev–Trinajstić information content (AvgIpc) is 2.15. The Bertz CT molecular complexity index is 229. The van der Waals surface area contributed by atoms with Gasteiger partial charge >= 0.3 is 11.9 Å². The molecule has 16 heavy (non-hydrogen) atoms. The van der Waals surface area contributed by atoms with Gasteiger partial charge in [-0.25, -0.2) is 9.59 Å². The van der Waals surface area contributed by atoms with E-state index in [-0.39, 0.29) is 0 Å². The van der Waals surface area contributed by atoms with Crippen molar-refractivity contribution in [3.63, 3.8) is 0 Å². The number of hydrogen-bond acceptors (Lipinski definition) is 2. The van der Waals surface area contributed by atoms with Gasteiger partial charge in [0.05, 0.1) is 0 Å². The molecule has 0 amide bonds. The van der Waals surface area contributed by atoms with Gasteiger partial charge in [0.2, 0.25) is 0 Å². The van der Waals surface area contributed by atoms with Crippen molar-refractivity contribution in [1.29, 1.82) is 0 Å². The predicted molar refractivity (Wildman–Crippen MR) is 56.9 cm³/mol. The molecule has 4 rings (SSSR count). The Morgan fingerprint density at radius 3 is 0.938 bits per heavy atom. The lowest BCUT2D eigenvalue weighted by Gasteiger charge is -2.49. The molecule has 0 radical (unpaired) electrons. The third kappa shape index (κ3) is 2.54. The highest BCUT2D eigenvalue weighted by Crippen LogP contribution is 2.53. The second-order valence-electron chi connectivity index (χ2n) is 5.49. The molecule has 0 aromatic rings. The van der Waals surface area contributed by atoms with Crippen molar-refractivity contribution in [3.05, 3.63) is 0 Å². The first-order valence-corrected chi connectivity index (χ1v) is 6.00. The average molecular weight is 226 g/mol. The summed E-state index contributed by atoms with van der Waals surface area (Å²) in [5.74, 6) is 1.06. The van der Waals surface area contributed by atoms with E-state index in [4.69, 9.17) is 19.8 Å². The second kappa shape index (κ2) is 4.44. The smallest absolute Gasteiger partial charge is 0.414 e. The topological polar surface area (TPSA) is 74.6 Å². The minimum absolute atomic E-state index is 1.18. The maximum Gasteiger partial charge on any atom is 0.414 e. The second-order valence-corrected chi connectivity index (χ2v) is 5.49. The summed E-state index contributed by atoms with van der Waals surface area (Å²) >= 11 is 0. The van der Waals surface area contributed by atoms with Gasteiger partial charge < -0.3 is 10.2 Å². The molecule has 0 unspecified atom stereocenters. The zero-order valence-corrected chi connectivity index (χ0v) is 9.26. The van der Waals surface area contributed by atoms with Crippen LogP contribution in [0.3, 0.4) is 0 Å². The van der Waals surface area contributed by atoms with E-state index < -0.39 is 11.9 Å². The lowest BCUT2D eigenvalue weighted by Crippen LogP contribution is -2.38. The van der Waals surface area contributed by atoms with Crippen molar-refractivity contribution < 1.29 is 19.8 Å². The fourth-order valence-electron chi connectivity index (χ4n) is 3.98. The predicted octanol–water partition coefficient (Wildman–Crippen LogP) is 1.99. The van der Waals surface area contributed by atoms with Gasteiger partial charge in [0.1, 0.15) is 0 Å². The summed E-state index contributed by atoms with van der Waals surface area (Å²) in [5, 5.41) is 14.8. The Kier molecular flexibility index (Phi) is 3.17. The summed E-state index contributed by atoms with van der Waals surface area (Å²) in [7, 11) is 0. The Morgan fingerprint density at radius 1 is 0.625 bits per heavy atom. The van der Waals surface area contributed by atoms with Crippen LogP contribution in [0.5, 0.6) is 0 Å². The van der Waals surface area contributed by atoms with Gasteiger partial charge in [-0.1, -0.05) is 0 Å². The standard InChI is InChI=1S/C10H16.C2H2O4/c1-7-2-9-4-8(1)5-10(3-7)6-9;3-1(4)2(5)6/h7-10H,1-6H2;(H,3,4)(H,5,6). The third-order valence-corrected chi connectivity index (χ3v) is 4.18. The highest BCUT2D eigenvalue weighted by molar-refractivity contribution is 6.27. The fraction of sp³-hybridized carbons (Fsp3) is 0.833. The molecule has 4 nitrogen and oxygen atoms in total. The number of carbonyl (C=O) groups is 2. The first-order chi connectivity index (χ1) is 7.54. The minimum atomic E-state index is -1.82. The summed E-state index contributed by atoms with van der Waals surface area (Å²) in [4.78, 5) is 18.2. The summed E-state index contributed by atoms with van der Waals surface area (Å²) in [6.07, 6.45) is 9.62. The van der Waals surface area contributed by atoms with Crippen molar-refractivity contribution in [3.8, 4) is 0 Å². The molecule has 4 fully saturated rings. The van der Waals surface area contributed by atoms with E-state index in [1.807, 2.05) is 0 Å². The van der Waals surface area contributed by atoms with Crippen LogP contribution < -0.4 is 0 Å². The van der Waals surface area contributed by atoms with Crippen LogP contribution in [0, 0.1) is 23.7 Å². The number of aliphatic carboxylic acids is 2. The molecule has 0 heterocycles. The lowest BCUT2D eigenvalue weighted by atomic mass is 9.56. The van der Waals surface area contributed by atoms with Crippen molar-refractivity contribution in [1.82, 2.24) is 0 Å². The molecule has 0 aromatic heterocycles. The highest BCUT2D eigenvalue weighted by Gasteiger charge is 2.41. The van der Waals surface area contributed by atoms with Gasteiger partial charge in [-0.2, -0.15) is 0 Å². The molecule has 0 aromatic carbocycles. The van der Waals surface area contributed by atoms with Crippen LogP contribution in [-0.2, 0) is 9.59 Å². The number of carboxylic acid groups (broad SMARTS) is 2. The minimum Gasteiger partial charge on any atom is -0.473 e. The van der Waals surface area contributed by atoms with Crippen LogP contribution in [0.4, 0.5) is 0 Å². The summed E-state index contributed by atoms with van der Waals surface area (Å²) in [6, 6.07) is 0. The Balaban J connectivity index is 0.000000142. The van der Waals surface area contributed by atoms with Crippen molar-refractivity contribution in [2.24, 2.45) is 23.7 Å². The first-order valence-electron chi connectivity index (χ1n) is 6.00. The number of carboxylic acids is 2.